The van der Waals surface area contributed by atoms with Crippen molar-refractivity contribution in [1.29, 1.82) is 5.26 Å². The molecule has 2 aromatic heterocycles. The third kappa shape index (κ3) is 3.48. The molecular weight excluding hydrogens is 330 g/mol. The maximum Gasteiger partial charge on any atom is 0.103 e. The van der Waals surface area contributed by atoms with Crippen LogP contribution in [0.15, 0.2) is 41.4 Å². The van der Waals surface area contributed by atoms with Gasteiger partial charge in [0.05, 0.1) is 28.0 Å². The van der Waals surface area contributed by atoms with E-state index in [1.165, 1.54) is 0 Å². The fraction of sp³-hybridized carbons (Fsp3) is 0.316. The lowest BCUT2D eigenvalue weighted by Crippen LogP contribution is -2.38. The molecule has 0 atom stereocenters. The standard InChI is InChI=1S/C19H19N5S/c20-9-14-10-21-18-4-2-1-3-17(18)19(14)23-15-5-7-24(8-6-15)11-16-12-25-13-22-16/h1-4,10,12-13,15H,5-8,11H2,(H,21,23). The maximum atomic E-state index is 9.45. The molecular formula is C19H19N5S. The van der Waals surface area contributed by atoms with Gasteiger partial charge in [-0.05, 0) is 18.9 Å². The number of anilines is 1. The van der Waals surface area contributed by atoms with E-state index in [0.717, 1.165) is 54.8 Å². The van der Waals surface area contributed by atoms with Crippen molar-refractivity contribution in [2.45, 2.75) is 25.4 Å². The van der Waals surface area contributed by atoms with Gasteiger partial charge >= 0.3 is 0 Å². The number of benzene rings is 1. The molecule has 3 aromatic rings. The molecule has 25 heavy (non-hydrogen) atoms. The lowest BCUT2D eigenvalue weighted by atomic mass is 10.0. The Balaban J connectivity index is 1.47. The van der Waals surface area contributed by atoms with Crippen LogP contribution in [0.1, 0.15) is 24.1 Å². The van der Waals surface area contributed by atoms with Crippen molar-refractivity contribution in [2.75, 3.05) is 18.4 Å². The average molecular weight is 349 g/mol. The van der Waals surface area contributed by atoms with Gasteiger partial charge in [0, 0.05) is 42.6 Å². The van der Waals surface area contributed by atoms with Gasteiger partial charge in [0.25, 0.3) is 0 Å². The number of nitrogens with one attached hydrogen (secondary N) is 1. The number of likely N-dealkylation sites (tertiary alicyclic amines) is 1. The minimum atomic E-state index is 0.379. The fourth-order valence-electron chi connectivity index (χ4n) is 3.37. The summed E-state index contributed by atoms with van der Waals surface area (Å²) in [4.78, 5) is 11.2. The van der Waals surface area contributed by atoms with Crippen molar-refractivity contribution < 1.29 is 0 Å². The zero-order valence-corrected chi connectivity index (χ0v) is 14.7. The van der Waals surface area contributed by atoms with E-state index in [1.54, 1.807) is 17.5 Å². The highest BCUT2D eigenvalue weighted by Gasteiger charge is 2.21. The smallest absolute Gasteiger partial charge is 0.103 e. The van der Waals surface area contributed by atoms with E-state index in [2.05, 4.69) is 31.6 Å². The molecule has 1 N–H and O–H groups in total. The highest BCUT2D eigenvalue weighted by Crippen LogP contribution is 2.28. The Morgan fingerprint density at radius 1 is 1.24 bits per heavy atom. The van der Waals surface area contributed by atoms with Crippen LogP contribution < -0.4 is 5.32 Å². The summed E-state index contributed by atoms with van der Waals surface area (Å²) in [7, 11) is 0. The van der Waals surface area contributed by atoms with Crippen molar-refractivity contribution in [3.05, 3.63) is 52.6 Å². The van der Waals surface area contributed by atoms with Crippen LogP contribution in [0.4, 0.5) is 5.69 Å². The monoisotopic (exact) mass is 349 g/mol. The van der Waals surface area contributed by atoms with Crippen LogP contribution in [-0.2, 0) is 6.54 Å². The Morgan fingerprint density at radius 3 is 2.84 bits per heavy atom. The van der Waals surface area contributed by atoms with Crippen molar-refractivity contribution >= 4 is 27.9 Å². The van der Waals surface area contributed by atoms with Crippen molar-refractivity contribution in [3.63, 3.8) is 0 Å². The Hall–Kier alpha value is -2.49. The van der Waals surface area contributed by atoms with Crippen LogP contribution in [0.5, 0.6) is 0 Å². The second kappa shape index (κ2) is 7.18. The molecule has 1 fully saturated rings. The lowest BCUT2D eigenvalue weighted by Gasteiger charge is -2.32. The third-order valence-electron chi connectivity index (χ3n) is 4.70. The summed E-state index contributed by atoms with van der Waals surface area (Å²) in [6.45, 7) is 3.01. The summed E-state index contributed by atoms with van der Waals surface area (Å²) in [6, 6.07) is 10.6. The molecule has 3 heterocycles. The average Bonchev–Trinajstić information content (AvgIpc) is 3.16. The molecule has 0 amide bonds. The zero-order chi connectivity index (χ0) is 17.1. The number of thiazole rings is 1. The summed E-state index contributed by atoms with van der Waals surface area (Å²) in [5.74, 6) is 0. The molecule has 1 aromatic carbocycles. The molecule has 0 radical (unpaired) electrons. The quantitative estimate of drug-likeness (QED) is 0.779. The second-order valence-corrected chi connectivity index (χ2v) is 7.07. The van der Waals surface area contributed by atoms with Gasteiger partial charge in [-0.2, -0.15) is 5.26 Å². The van der Waals surface area contributed by atoms with Crippen LogP contribution in [0.2, 0.25) is 0 Å². The normalized spacial score (nSPS) is 16.0. The molecule has 0 bridgehead atoms. The molecule has 6 heteroatoms. The molecule has 0 saturated carbocycles. The van der Waals surface area contributed by atoms with Gasteiger partial charge in [-0.25, -0.2) is 4.98 Å². The third-order valence-corrected chi connectivity index (χ3v) is 5.34. The topological polar surface area (TPSA) is 64.8 Å². The number of nitriles is 1. The Kier molecular flexibility index (Phi) is 4.59. The number of aromatic nitrogens is 2. The lowest BCUT2D eigenvalue weighted by molar-refractivity contribution is 0.209. The Morgan fingerprint density at radius 2 is 2.08 bits per heavy atom. The van der Waals surface area contributed by atoms with Crippen molar-refractivity contribution in [1.82, 2.24) is 14.9 Å². The van der Waals surface area contributed by atoms with Crippen LogP contribution >= 0.6 is 11.3 Å². The molecule has 5 nitrogen and oxygen atoms in total. The molecule has 0 spiro atoms. The first-order valence-corrected chi connectivity index (χ1v) is 9.41. The first-order chi connectivity index (χ1) is 12.3. The predicted molar refractivity (Wildman–Crippen MR) is 100 cm³/mol. The van der Waals surface area contributed by atoms with Gasteiger partial charge in [-0.3, -0.25) is 9.88 Å². The van der Waals surface area contributed by atoms with E-state index < -0.39 is 0 Å². The van der Waals surface area contributed by atoms with E-state index in [-0.39, 0.29) is 0 Å². The molecule has 1 aliphatic heterocycles. The second-order valence-electron chi connectivity index (χ2n) is 6.35. The number of nitrogens with zero attached hydrogens (tertiary/aromatic N) is 4. The number of fused-ring (bicyclic) bond motifs is 1. The van der Waals surface area contributed by atoms with Crippen LogP contribution in [0.25, 0.3) is 10.9 Å². The highest BCUT2D eigenvalue weighted by atomic mass is 32.1. The van der Waals surface area contributed by atoms with Crippen LogP contribution in [0.3, 0.4) is 0 Å². The number of hydrogen-bond acceptors (Lipinski definition) is 6. The van der Waals surface area contributed by atoms with Gasteiger partial charge in [0.2, 0.25) is 0 Å². The van der Waals surface area contributed by atoms with E-state index in [9.17, 15) is 5.26 Å². The molecule has 4 rings (SSSR count). The van der Waals surface area contributed by atoms with Gasteiger partial charge in [0.15, 0.2) is 0 Å². The van der Waals surface area contributed by atoms with Gasteiger partial charge in [-0.15, -0.1) is 11.3 Å². The summed E-state index contributed by atoms with van der Waals surface area (Å²) >= 11 is 1.65. The molecule has 1 aliphatic rings. The predicted octanol–water partition coefficient (Wildman–Crippen LogP) is 3.64. The first kappa shape index (κ1) is 16.0. The number of piperidine rings is 1. The molecule has 1 saturated heterocycles. The van der Waals surface area contributed by atoms with E-state index in [0.29, 0.717) is 11.6 Å². The molecule has 0 unspecified atom stereocenters. The number of pyridine rings is 1. The summed E-state index contributed by atoms with van der Waals surface area (Å²) in [6.07, 6.45) is 3.79. The molecule has 0 aliphatic carbocycles. The number of para-hydroxylation sites is 1. The minimum absolute atomic E-state index is 0.379. The van der Waals surface area contributed by atoms with Gasteiger partial charge in [0.1, 0.15) is 6.07 Å². The first-order valence-electron chi connectivity index (χ1n) is 8.47. The summed E-state index contributed by atoms with van der Waals surface area (Å²) < 4.78 is 0. The highest BCUT2D eigenvalue weighted by molar-refractivity contribution is 7.07. The summed E-state index contributed by atoms with van der Waals surface area (Å²) in [5, 5.41) is 16.2. The zero-order valence-electron chi connectivity index (χ0n) is 13.9. The number of hydrogen-bond donors (Lipinski definition) is 1. The Labute approximate surface area is 151 Å². The maximum absolute atomic E-state index is 9.45. The fourth-order valence-corrected chi connectivity index (χ4v) is 3.92. The van der Waals surface area contributed by atoms with E-state index in [4.69, 9.17) is 0 Å². The van der Waals surface area contributed by atoms with Crippen molar-refractivity contribution in [2.24, 2.45) is 0 Å². The van der Waals surface area contributed by atoms with E-state index >= 15 is 0 Å². The summed E-state index contributed by atoms with van der Waals surface area (Å²) in [5.41, 5.74) is 5.50. The van der Waals surface area contributed by atoms with Crippen LogP contribution in [-0.4, -0.2) is 34.0 Å². The minimum Gasteiger partial charge on any atom is -0.381 e. The van der Waals surface area contributed by atoms with Gasteiger partial charge in [-0.1, -0.05) is 18.2 Å². The van der Waals surface area contributed by atoms with Crippen LogP contribution in [0, 0.1) is 11.3 Å². The largest absolute Gasteiger partial charge is 0.381 e. The molecule has 126 valence electrons. The van der Waals surface area contributed by atoms with Gasteiger partial charge < -0.3 is 5.32 Å². The van der Waals surface area contributed by atoms with E-state index in [1.807, 2.05) is 29.8 Å². The Bertz CT molecular complexity index is 892. The number of rotatable bonds is 4. The van der Waals surface area contributed by atoms with Crippen molar-refractivity contribution in [3.8, 4) is 6.07 Å². The SMILES string of the molecule is N#Cc1cnc2ccccc2c1NC1CCN(Cc2cscn2)CC1.